The highest BCUT2D eigenvalue weighted by molar-refractivity contribution is 8.01. The van der Waals surface area contributed by atoms with Gasteiger partial charge in [-0.3, -0.25) is 4.79 Å². The number of hydrogen-bond donors (Lipinski definition) is 1. The van der Waals surface area contributed by atoms with Gasteiger partial charge < -0.3 is 5.32 Å². The van der Waals surface area contributed by atoms with Crippen molar-refractivity contribution in [1.29, 1.82) is 0 Å². The van der Waals surface area contributed by atoms with Crippen LogP contribution in [0.1, 0.15) is 6.42 Å². The van der Waals surface area contributed by atoms with E-state index in [1.165, 1.54) is 5.57 Å². The molecule has 0 bridgehead atoms. The van der Waals surface area contributed by atoms with E-state index >= 15 is 0 Å². The van der Waals surface area contributed by atoms with Crippen molar-refractivity contribution in [2.75, 3.05) is 17.3 Å². The summed E-state index contributed by atoms with van der Waals surface area (Å²) < 4.78 is 22.1. The fourth-order valence-corrected chi connectivity index (χ4v) is 5.35. The predicted octanol–water partition coefficient (Wildman–Crippen LogP) is 0.518. The average molecular weight is 285 g/mol. The van der Waals surface area contributed by atoms with Crippen molar-refractivity contribution >= 4 is 27.5 Å². The SMILES string of the molecule is O=C(NC1CS(=O)(=O)C1)C1SCC2CC=CC=C21. The van der Waals surface area contributed by atoms with E-state index in [1.54, 1.807) is 11.8 Å². The lowest BCUT2D eigenvalue weighted by molar-refractivity contribution is -0.120. The number of fused-ring (bicyclic) bond motifs is 1. The van der Waals surface area contributed by atoms with Gasteiger partial charge in [-0.2, -0.15) is 0 Å². The molecule has 2 aliphatic heterocycles. The van der Waals surface area contributed by atoms with Crippen molar-refractivity contribution in [3.8, 4) is 0 Å². The van der Waals surface area contributed by atoms with E-state index in [1.807, 2.05) is 12.2 Å². The lowest BCUT2D eigenvalue weighted by atomic mass is 9.91. The number of hydrogen-bond acceptors (Lipinski definition) is 4. The van der Waals surface area contributed by atoms with Crippen LogP contribution >= 0.6 is 11.8 Å². The summed E-state index contributed by atoms with van der Waals surface area (Å²) in [6.45, 7) is 0. The smallest absolute Gasteiger partial charge is 0.237 e. The van der Waals surface area contributed by atoms with E-state index in [9.17, 15) is 13.2 Å². The van der Waals surface area contributed by atoms with Gasteiger partial charge in [0.05, 0.1) is 17.5 Å². The summed E-state index contributed by atoms with van der Waals surface area (Å²) in [5, 5.41) is 2.72. The molecule has 2 atom stereocenters. The molecule has 1 aliphatic carbocycles. The summed E-state index contributed by atoms with van der Waals surface area (Å²) in [5.74, 6) is 1.64. The quantitative estimate of drug-likeness (QED) is 0.803. The second kappa shape index (κ2) is 4.42. The zero-order chi connectivity index (χ0) is 12.8. The minimum atomic E-state index is -2.87. The van der Waals surface area contributed by atoms with Gasteiger partial charge >= 0.3 is 0 Å². The Balaban J connectivity index is 1.63. The highest BCUT2D eigenvalue weighted by atomic mass is 32.2. The number of allylic oxidation sites excluding steroid dienone is 3. The van der Waals surface area contributed by atoms with Crippen LogP contribution in [0.3, 0.4) is 0 Å². The number of sulfone groups is 1. The Labute approximate surface area is 111 Å². The highest BCUT2D eigenvalue weighted by Crippen LogP contribution is 2.40. The first-order valence-corrected chi connectivity index (χ1v) is 8.91. The molecule has 0 aromatic heterocycles. The van der Waals surface area contributed by atoms with Crippen molar-refractivity contribution in [2.45, 2.75) is 17.7 Å². The molecule has 3 rings (SSSR count). The summed E-state index contributed by atoms with van der Waals surface area (Å²) in [7, 11) is -2.87. The van der Waals surface area contributed by atoms with E-state index in [2.05, 4.69) is 11.4 Å². The molecule has 0 saturated carbocycles. The van der Waals surface area contributed by atoms with Gasteiger partial charge in [-0.1, -0.05) is 18.2 Å². The third-order valence-corrected chi connectivity index (χ3v) is 6.81. The van der Waals surface area contributed by atoms with Gasteiger partial charge in [-0.25, -0.2) is 8.42 Å². The molecule has 2 saturated heterocycles. The van der Waals surface area contributed by atoms with Gasteiger partial charge in [0, 0.05) is 5.75 Å². The van der Waals surface area contributed by atoms with Crippen molar-refractivity contribution < 1.29 is 13.2 Å². The molecule has 0 radical (unpaired) electrons. The minimum Gasteiger partial charge on any atom is -0.350 e. The maximum absolute atomic E-state index is 12.1. The third kappa shape index (κ3) is 2.23. The van der Waals surface area contributed by atoms with Crippen molar-refractivity contribution in [1.82, 2.24) is 5.32 Å². The van der Waals surface area contributed by atoms with Gasteiger partial charge in [0.1, 0.15) is 5.25 Å². The first-order chi connectivity index (χ1) is 8.55. The zero-order valence-electron chi connectivity index (χ0n) is 9.83. The molecule has 1 amide bonds. The molecule has 98 valence electrons. The molecule has 4 nitrogen and oxygen atoms in total. The van der Waals surface area contributed by atoms with Crippen LogP contribution in [0.2, 0.25) is 0 Å². The van der Waals surface area contributed by atoms with Crippen molar-refractivity contribution in [2.24, 2.45) is 5.92 Å². The second-order valence-corrected chi connectivity index (χ2v) is 8.32. The van der Waals surface area contributed by atoms with Crippen LogP contribution in [0.5, 0.6) is 0 Å². The van der Waals surface area contributed by atoms with E-state index < -0.39 is 9.84 Å². The normalized spacial score (nSPS) is 33.4. The van der Waals surface area contributed by atoms with Crippen LogP contribution in [0.25, 0.3) is 0 Å². The largest absolute Gasteiger partial charge is 0.350 e. The summed E-state index contributed by atoms with van der Waals surface area (Å²) in [4.78, 5) is 12.1. The summed E-state index contributed by atoms with van der Waals surface area (Å²) in [5.41, 5.74) is 1.20. The van der Waals surface area contributed by atoms with Crippen molar-refractivity contribution in [3.63, 3.8) is 0 Å². The Morgan fingerprint density at radius 2 is 2.17 bits per heavy atom. The number of nitrogens with one attached hydrogen (secondary N) is 1. The molecule has 0 aromatic rings. The Morgan fingerprint density at radius 3 is 2.89 bits per heavy atom. The highest BCUT2D eigenvalue weighted by Gasteiger charge is 2.39. The van der Waals surface area contributed by atoms with Gasteiger partial charge in [0.15, 0.2) is 9.84 Å². The van der Waals surface area contributed by atoms with Gasteiger partial charge in [-0.05, 0) is 17.9 Å². The molecule has 2 heterocycles. The predicted molar refractivity (Wildman–Crippen MR) is 72.2 cm³/mol. The summed E-state index contributed by atoms with van der Waals surface area (Å²) in [6.07, 6.45) is 7.19. The van der Waals surface area contributed by atoms with Crippen LogP contribution in [0.4, 0.5) is 0 Å². The van der Waals surface area contributed by atoms with Crippen molar-refractivity contribution in [3.05, 3.63) is 23.8 Å². The Kier molecular flexibility index (Phi) is 3.02. The van der Waals surface area contributed by atoms with E-state index in [0.29, 0.717) is 5.92 Å². The van der Waals surface area contributed by atoms with Crippen LogP contribution in [-0.2, 0) is 14.6 Å². The number of carbonyl (C=O) groups excluding carboxylic acids is 1. The summed E-state index contributed by atoms with van der Waals surface area (Å²) >= 11 is 1.66. The number of carbonyl (C=O) groups is 1. The monoisotopic (exact) mass is 285 g/mol. The molecular formula is C12H15NO3S2. The first-order valence-electron chi connectivity index (χ1n) is 6.04. The van der Waals surface area contributed by atoms with Gasteiger partial charge in [-0.15, -0.1) is 11.8 Å². The number of thioether (sulfide) groups is 1. The molecule has 0 aromatic carbocycles. The van der Waals surface area contributed by atoms with Crippen LogP contribution in [0.15, 0.2) is 23.8 Å². The van der Waals surface area contributed by atoms with Gasteiger partial charge in [0.25, 0.3) is 0 Å². The second-order valence-electron chi connectivity index (χ2n) is 5.02. The molecular weight excluding hydrogens is 270 g/mol. The molecule has 2 unspecified atom stereocenters. The Morgan fingerprint density at radius 1 is 1.39 bits per heavy atom. The molecule has 18 heavy (non-hydrogen) atoms. The number of amides is 1. The standard InChI is InChI=1S/C12H15NO3S2/c14-12(13-9-6-18(15,16)7-9)11-10-4-2-1-3-8(10)5-17-11/h1-2,4,8-9,11H,3,5-7H2,(H,13,14). The maximum atomic E-state index is 12.1. The van der Waals surface area contributed by atoms with Crippen LogP contribution in [-0.4, -0.2) is 42.9 Å². The van der Waals surface area contributed by atoms with E-state index in [4.69, 9.17) is 0 Å². The molecule has 6 heteroatoms. The fraction of sp³-hybridized carbons (Fsp3) is 0.583. The van der Waals surface area contributed by atoms with Crippen LogP contribution < -0.4 is 5.32 Å². The first kappa shape index (κ1) is 12.3. The van der Waals surface area contributed by atoms with E-state index in [-0.39, 0.29) is 28.7 Å². The Bertz CT molecular complexity index is 524. The molecule has 1 N–H and O–H groups in total. The minimum absolute atomic E-state index is 0.0241. The lowest BCUT2D eigenvalue weighted by Gasteiger charge is -2.28. The number of rotatable bonds is 2. The third-order valence-electron chi connectivity index (χ3n) is 3.58. The van der Waals surface area contributed by atoms with Crippen LogP contribution in [0, 0.1) is 5.92 Å². The Hall–Kier alpha value is -0.750. The molecule has 0 spiro atoms. The summed E-state index contributed by atoms with van der Waals surface area (Å²) in [6, 6.07) is -0.179. The fourth-order valence-electron chi connectivity index (χ4n) is 2.62. The topological polar surface area (TPSA) is 63.2 Å². The molecule has 2 fully saturated rings. The van der Waals surface area contributed by atoms with Gasteiger partial charge in [0.2, 0.25) is 5.91 Å². The van der Waals surface area contributed by atoms with E-state index in [0.717, 1.165) is 12.2 Å². The maximum Gasteiger partial charge on any atom is 0.237 e. The average Bonchev–Trinajstić information content (AvgIpc) is 2.70. The molecule has 3 aliphatic rings. The lowest BCUT2D eigenvalue weighted by Crippen LogP contribution is -2.54. The zero-order valence-corrected chi connectivity index (χ0v) is 11.5.